The van der Waals surface area contributed by atoms with Crippen molar-refractivity contribution in [1.82, 2.24) is 0 Å². The van der Waals surface area contributed by atoms with Crippen LogP contribution >= 0.6 is 11.6 Å². The number of esters is 1. The van der Waals surface area contributed by atoms with Crippen LogP contribution in [0.1, 0.15) is 27.6 Å². The topological polar surface area (TPSA) is 102 Å². The lowest BCUT2D eigenvalue weighted by molar-refractivity contribution is 0.0526. The Morgan fingerprint density at radius 1 is 1.08 bits per heavy atom. The van der Waals surface area contributed by atoms with E-state index in [0.29, 0.717) is 16.9 Å². The summed E-state index contributed by atoms with van der Waals surface area (Å²) < 4.78 is 29.5. The van der Waals surface area contributed by atoms with Crippen LogP contribution in [0.3, 0.4) is 0 Å². The summed E-state index contributed by atoms with van der Waals surface area (Å²) in [7, 11) is -3.38. The molecule has 7 nitrogen and oxygen atoms in total. The third-order valence-electron chi connectivity index (χ3n) is 3.17. The molecule has 0 fully saturated rings. The summed E-state index contributed by atoms with van der Waals surface area (Å²) in [5.74, 6) is -0.944. The minimum Gasteiger partial charge on any atom is -0.462 e. The summed E-state index contributed by atoms with van der Waals surface area (Å²) in [6.07, 6.45) is 1.04. The second-order valence-corrected chi connectivity index (χ2v) is 7.48. The first kappa shape index (κ1) is 19.7. The lowest BCUT2D eigenvalue weighted by Gasteiger charge is -2.09. The number of nitrogens with one attached hydrogen (secondary N) is 2. The number of amides is 1. The number of halogens is 1. The van der Waals surface area contributed by atoms with Gasteiger partial charge in [-0.25, -0.2) is 13.2 Å². The van der Waals surface area contributed by atoms with Gasteiger partial charge in [0.25, 0.3) is 5.91 Å². The van der Waals surface area contributed by atoms with Crippen molar-refractivity contribution >= 4 is 44.9 Å². The predicted octanol–water partition coefficient (Wildman–Crippen LogP) is 3.14. The van der Waals surface area contributed by atoms with Gasteiger partial charge in [-0.1, -0.05) is 11.6 Å². The summed E-state index contributed by atoms with van der Waals surface area (Å²) in [4.78, 5) is 24.0. The first-order valence-corrected chi connectivity index (χ1v) is 9.82. The summed E-state index contributed by atoms with van der Waals surface area (Å²) in [5, 5.41) is 2.81. The molecule has 0 saturated carbocycles. The molecule has 0 spiro atoms. The molecule has 9 heteroatoms. The fourth-order valence-corrected chi connectivity index (χ4v) is 2.90. The summed E-state index contributed by atoms with van der Waals surface area (Å²) in [5.41, 5.74) is 1.30. The Morgan fingerprint density at radius 2 is 1.69 bits per heavy atom. The van der Waals surface area contributed by atoms with Crippen molar-refractivity contribution in [2.45, 2.75) is 6.92 Å². The molecule has 0 aliphatic carbocycles. The van der Waals surface area contributed by atoms with Crippen LogP contribution in [0.4, 0.5) is 11.4 Å². The Bertz CT molecular complexity index is 927. The number of carbonyl (C=O) groups is 2. The Hall–Kier alpha value is -2.58. The molecule has 2 aromatic carbocycles. The van der Waals surface area contributed by atoms with Gasteiger partial charge in [0.05, 0.1) is 23.4 Å². The average Bonchev–Trinajstić information content (AvgIpc) is 2.54. The molecule has 26 heavy (non-hydrogen) atoms. The zero-order chi connectivity index (χ0) is 19.3. The second kappa shape index (κ2) is 8.20. The number of ether oxygens (including phenoxy) is 1. The number of rotatable bonds is 6. The molecule has 0 aromatic heterocycles. The maximum atomic E-state index is 12.3. The first-order chi connectivity index (χ1) is 12.2. The van der Waals surface area contributed by atoms with Crippen LogP contribution in [0.2, 0.25) is 5.02 Å². The van der Waals surface area contributed by atoms with Gasteiger partial charge < -0.3 is 10.1 Å². The van der Waals surface area contributed by atoms with Gasteiger partial charge in [-0.3, -0.25) is 9.52 Å². The SMILES string of the molecule is CCOC(=O)c1ccc(NC(=O)c2ccc(NS(C)(=O)=O)cc2)cc1Cl. The highest BCUT2D eigenvalue weighted by molar-refractivity contribution is 7.92. The van der Waals surface area contributed by atoms with Crippen LogP contribution < -0.4 is 10.0 Å². The number of hydrogen-bond donors (Lipinski definition) is 2. The number of carbonyl (C=O) groups excluding carboxylic acids is 2. The van der Waals surface area contributed by atoms with E-state index in [1.807, 2.05) is 0 Å². The quantitative estimate of drug-likeness (QED) is 0.730. The Morgan fingerprint density at radius 3 is 2.23 bits per heavy atom. The van der Waals surface area contributed by atoms with Crippen molar-refractivity contribution in [3.05, 3.63) is 58.6 Å². The molecule has 0 aliphatic rings. The smallest absolute Gasteiger partial charge is 0.339 e. The van der Waals surface area contributed by atoms with Gasteiger partial charge in [-0.15, -0.1) is 0 Å². The van der Waals surface area contributed by atoms with Crippen LogP contribution in [0, 0.1) is 0 Å². The van der Waals surface area contributed by atoms with Crippen LogP contribution in [0.25, 0.3) is 0 Å². The van der Waals surface area contributed by atoms with E-state index in [-0.39, 0.29) is 17.2 Å². The molecule has 2 rings (SSSR count). The van der Waals surface area contributed by atoms with E-state index < -0.39 is 21.9 Å². The highest BCUT2D eigenvalue weighted by Gasteiger charge is 2.13. The van der Waals surface area contributed by atoms with E-state index in [1.54, 1.807) is 6.92 Å². The van der Waals surface area contributed by atoms with E-state index in [9.17, 15) is 18.0 Å². The first-order valence-electron chi connectivity index (χ1n) is 7.55. The van der Waals surface area contributed by atoms with Crippen molar-refractivity contribution in [1.29, 1.82) is 0 Å². The highest BCUT2D eigenvalue weighted by Crippen LogP contribution is 2.22. The molecule has 0 aliphatic heterocycles. The Labute approximate surface area is 156 Å². The fourth-order valence-electron chi connectivity index (χ4n) is 2.07. The van der Waals surface area contributed by atoms with E-state index >= 15 is 0 Å². The molecule has 0 saturated heterocycles. The van der Waals surface area contributed by atoms with Crippen molar-refractivity contribution in [2.24, 2.45) is 0 Å². The largest absolute Gasteiger partial charge is 0.462 e. The summed E-state index contributed by atoms with van der Waals surface area (Å²) in [6.45, 7) is 1.93. The molecule has 0 heterocycles. The Balaban J connectivity index is 2.10. The molecule has 0 atom stereocenters. The normalized spacial score (nSPS) is 10.9. The number of benzene rings is 2. The lowest BCUT2D eigenvalue weighted by atomic mass is 10.1. The fraction of sp³-hybridized carbons (Fsp3) is 0.176. The molecule has 2 aromatic rings. The molecule has 1 amide bonds. The molecule has 0 unspecified atom stereocenters. The van der Waals surface area contributed by atoms with Crippen molar-refractivity contribution in [3.8, 4) is 0 Å². The summed E-state index contributed by atoms with van der Waals surface area (Å²) >= 11 is 6.05. The summed E-state index contributed by atoms with van der Waals surface area (Å²) in [6, 6.07) is 10.4. The van der Waals surface area contributed by atoms with Gasteiger partial charge in [0.15, 0.2) is 0 Å². The van der Waals surface area contributed by atoms with E-state index in [1.165, 1.54) is 42.5 Å². The molecule has 0 bridgehead atoms. The Kier molecular flexibility index (Phi) is 6.23. The van der Waals surface area contributed by atoms with Gasteiger partial charge in [0.1, 0.15) is 0 Å². The van der Waals surface area contributed by atoms with Crippen LogP contribution in [-0.4, -0.2) is 33.2 Å². The van der Waals surface area contributed by atoms with E-state index in [0.717, 1.165) is 6.26 Å². The minimum atomic E-state index is -3.38. The zero-order valence-electron chi connectivity index (χ0n) is 14.1. The number of anilines is 2. The average molecular weight is 397 g/mol. The van der Waals surface area contributed by atoms with Gasteiger partial charge >= 0.3 is 5.97 Å². The maximum Gasteiger partial charge on any atom is 0.339 e. The number of sulfonamides is 1. The van der Waals surface area contributed by atoms with Gasteiger partial charge in [-0.05, 0) is 49.4 Å². The maximum absolute atomic E-state index is 12.3. The van der Waals surface area contributed by atoms with Crippen molar-refractivity contribution in [3.63, 3.8) is 0 Å². The third-order valence-corrected chi connectivity index (χ3v) is 4.09. The molecular formula is C17H17ClN2O5S. The van der Waals surface area contributed by atoms with Crippen LogP contribution in [-0.2, 0) is 14.8 Å². The van der Waals surface area contributed by atoms with Crippen LogP contribution in [0.15, 0.2) is 42.5 Å². The molecular weight excluding hydrogens is 380 g/mol. The van der Waals surface area contributed by atoms with E-state index in [2.05, 4.69) is 10.0 Å². The molecule has 138 valence electrons. The van der Waals surface area contributed by atoms with Crippen molar-refractivity contribution in [2.75, 3.05) is 22.9 Å². The van der Waals surface area contributed by atoms with Gasteiger partial charge in [0.2, 0.25) is 10.0 Å². The predicted molar refractivity (Wildman–Crippen MR) is 100 cm³/mol. The standard InChI is InChI=1S/C17H17ClN2O5S/c1-3-25-17(22)14-9-8-13(10-15(14)18)19-16(21)11-4-6-12(7-5-11)20-26(2,23)24/h4-10,20H,3H2,1-2H3,(H,19,21). The van der Waals surface area contributed by atoms with E-state index in [4.69, 9.17) is 16.3 Å². The minimum absolute atomic E-state index is 0.161. The monoisotopic (exact) mass is 396 g/mol. The second-order valence-electron chi connectivity index (χ2n) is 5.32. The zero-order valence-corrected chi connectivity index (χ0v) is 15.6. The highest BCUT2D eigenvalue weighted by atomic mass is 35.5. The molecule has 2 N–H and O–H groups in total. The third kappa shape index (κ3) is 5.47. The lowest BCUT2D eigenvalue weighted by Crippen LogP contribution is -2.13. The van der Waals surface area contributed by atoms with Crippen molar-refractivity contribution < 1.29 is 22.7 Å². The molecule has 0 radical (unpaired) electrons. The van der Waals surface area contributed by atoms with Gasteiger partial charge in [0, 0.05) is 16.9 Å². The van der Waals surface area contributed by atoms with Gasteiger partial charge in [-0.2, -0.15) is 0 Å². The number of hydrogen-bond acceptors (Lipinski definition) is 5. The van der Waals surface area contributed by atoms with Crippen LogP contribution in [0.5, 0.6) is 0 Å².